The van der Waals surface area contributed by atoms with Gasteiger partial charge in [-0.3, -0.25) is 0 Å². The molecule has 13 heteroatoms. The van der Waals surface area contributed by atoms with Crippen molar-refractivity contribution < 1.29 is 17.2 Å². The SMILES string of the molecule is C[C@H]1CN(c2cc(S(=O)(=O)NC3(C)CC3)cn3c(-c4nnc(C(F)F)[se]4)cnc23)C[C@H](C)N1. The van der Waals surface area contributed by atoms with Crippen molar-refractivity contribution in [2.45, 2.75) is 62.6 Å². The molecule has 0 unspecified atom stereocenters. The molecule has 2 fully saturated rings. The molecule has 3 aromatic rings. The third-order valence-corrected chi connectivity index (χ3v) is 9.60. The van der Waals surface area contributed by atoms with Crippen molar-refractivity contribution in [1.82, 2.24) is 29.6 Å². The molecule has 1 saturated carbocycles. The van der Waals surface area contributed by atoms with E-state index in [1.54, 1.807) is 16.7 Å². The van der Waals surface area contributed by atoms with Gasteiger partial charge in [-0.15, -0.1) is 0 Å². The Kier molecular flexibility index (Phi) is 5.60. The minimum absolute atomic E-state index is 0.109. The van der Waals surface area contributed by atoms with E-state index in [0.717, 1.165) is 12.8 Å². The topological polar surface area (TPSA) is 105 Å². The van der Waals surface area contributed by atoms with E-state index in [1.165, 1.54) is 6.20 Å². The molecule has 178 valence electrons. The monoisotopic (exact) mass is 545 g/mol. The minimum atomic E-state index is -3.80. The summed E-state index contributed by atoms with van der Waals surface area (Å²) < 4.78 is 57.4. The number of anilines is 1. The quantitative estimate of drug-likeness (QED) is 0.456. The molecule has 1 aliphatic carbocycles. The Morgan fingerprint density at radius 3 is 2.55 bits per heavy atom. The van der Waals surface area contributed by atoms with Gasteiger partial charge in [-0.25, -0.2) is 0 Å². The molecule has 0 spiro atoms. The summed E-state index contributed by atoms with van der Waals surface area (Å²) in [5.41, 5.74) is 1.30. The van der Waals surface area contributed by atoms with Gasteiger partial charge in [-0.05, 0) is 0 Å². The van der Waals surface area contributed by atoms with Crippen molar-refractivity contribution in [1.29, 1.82) is 0 Å². The van der Waals surface area contributed by atoms with Crippen LogP contribution in [0.3, 0.4) is 0 Å². The first-order chi connectivity index (χ1) is 15.5. The van der Waals surface area contributed by atoms with Crippen molar-refractivity contribution in [3.63, 3.8) is 0 Å². The van der Waals surface area contributed by atoms with Crippen LogP contribution in [0.1, 0.15) is 44.6 Å². The number of piperazine rings is 1. The standard InChI is InChI=1S/C20H25F2N7O2SSe/c1-11-8-28(9-12(2)24-11)14-6-13(32(30,31)27-20(3)4-5-20)10-29-15(7-23-17(14)29)18-25-26-19(33-18)16(21)22/h6-7,10-12,16,24,27H,4-5,8-9H2,1-3H3/t11-,12-/m0/s1. The van der Waals surface area contributed by atoms with Crippen LogP contribution in [-0.4, -0.2) is 73.2 Å². The molecule has 9 nitrogen and oxygen atoms in total. The molecule has 0 radical (unpaired) electrons. The van der Waals surface area contributed by atoms with Crippen LogP contribution in [0.2, 0.25) is 0 Å². The van der Waals surface area contributed by atoms with E-state index in [1.807, 2.05) is 6.92 Å². The maximum atomic E-state index is 13.3. The van der Waals surface area contributed by atoms with Crippen LogP contribution in [0, 0.1) is 0 Å². The van der Waals surface area contributed by atoms with Crippen LogP contribution in [0.5, 0.6) is 0 Å². The summed E-state index contributed by atoms with van der Waals surface area (Å²) in [5.74, 6) is 0. The van der Waals surface area contributed by atoms with E-state index in [4.69, 9.17) is 0 Å². The zero-order valence-electron chi connectivity index (χ0n) is 18.4. The predicted molar refractivity (Wildman–Crippen MR) is 120 cm³/mol. The van der Waals surface area contributed by atoms with E-state index in [2.05, 4.69) is 44.0 Å². The fourth-order valence-electron chi connectivity index (χ4n) is 4.21. The van der Waals surface area contributed by atoms with Crippen LogP contribution in [0.25, 0.3) is 15.9 Å². The van der Waals surface area contributed by atoms with Gasteiger partial charge < -0.3 is 0 Å². The molecule has 1 saturated heterocycles. The number of nitrogens with zero attached hydrogens (tertiary/aromatic N) is 5. The number of aromatic nitrogens is 4. The number of fused-ring (bicyclic) bond motifs is 1. The van der Waals surface area contributed by atoms with Gasteiger partial charge in [-0.2, -0.15) is 0 Å². The number of halogens is 2. The molecular weight excluding hydrogens is 519 g/mol. The molecule has 4 heterocycles. The third kappa shape index (κ3) is 4.44. The van der Waals surface area contributed by atoms with Gasteiger partial charge >= 0.3 is 197 Å². The molecule has 2 atom stereocenters. The van der Waals surface area contributed by atoms with Crippen molar-refractivity contribution >= 4 is 35.9 Å². The first-order valence-corrected chi connectivity index (χ1v) is 13.9. The van der Waals surface area contributed by atoms with E-state index in [0.29, 0.717) is 34.7 Å². The van der Waals surface area contributed by atoms with Crippen LogP contribution >= 0.6 is 0 Å². The van der Waals surface area contributed by atoms with Gasteiger partial charge in [0.2, 0.25) is 0 Å². The van der Waals surface area contributed by atoms with Crippen molar-refractivity contribution in [3.05, 3.63) is 23.0 Å². The summed E-state index contributed by atoms with van der Waals surface area (Å²) in [6.45, 7) is 7.39. The zero-order chi connectivity index (χ0) is 23.5. The molecule has 3 aromatic heterocycles. The summed E-state index contributed by atoms with van der Waals surface area (Å²) in [6.07, 6.45) is 1.98. The summed E-state index contributed by atoms with van der Waals surface area (Å²) in [4.78, 5) is 6.78. The summed E-state index contributed by atoms with van der Waals surface area (Å²) in [5, 5.41) is 11.1. The van der Waals surface area contributed by atoms with Crippen LogP contribution in [0.15, 0.2) is 23.4 Å². The number of nitrogens with one attached hydrogen (secondary N) is 2. The number of rotatable bonds is 6. The van der Waals surface area contributed by atoms with Gasteiger partial charge in [0.05, 0.1) is 0 Å². The van der Waals surface area contributed by atoms with Crippen molar-refractivity contribution in [2.24, 2.45) is 0 Å². The Balaban J connectivity index is 1.67. The average molecular weight is 544 g/mol. The van der Waals surface area contributed by atoms with E-state index >= 15 is 0 Å². The number of hydrogen-bond donors (Lipinski definition) is 2. The predicted octanol–water partition coefficient (Wildman–Crippen LogP) is 1.80. The summed E-state index contributed by atoms with van der Waals surface area (Å²) >= 11 is -0.753. The normalized spacial score (nSPS) is 22.9. The zero-order valence-corrected chi connectivity index (χ0v) is 20.9. The van der Waals surface area contributed by atoms with Gasteiger partial charge in [0.1, 0.15) is 0 Å². The molecule has 1 aliphatic heterocycles. The molecule has 33 heavy (non-hydrogen) atoms. The second kappa shape index (κ2) is 8.09. The summed E-state index contributed by atoms with van der Waals surface area (Å²) in [7, 11) is -3.80. The van der Waals surface area contributed by atoms with Gasteiger partial charge in [0, 0.05) is 0 Å². The fourth-order valence-corrected chi connectivity index (χ4v) is 7.17. The molecular formula is C20H25F2N7O2SSe. The molecule has 5 rings (SSSR count). The van der Waals surface area contributed by atoms with E-state index < -0.39 is 36.5 Å². The number of sulfonamides is 1. The third-order valence-electron chi connectivity index (χ3n) is 6.00. The Morgan fingerprint density at radius 2 is 1.94 bits per heavy atom. The second-order valence-electron chi connectivity index (χ2n) is 9.18. The first-order valence-electron chi connectivity index (χ1n) is 10.7. The van der Waals surface area contributed by atoms with Gasteiger partial charge in [0.25, 0.3) is 0 Å². The van der Waals surface area contributed by atoms with Crippen LogP contribution < -0.4 is 14.9 Å². The average Bonchev–Trinajstić information content (AvgIpc) is 3.14. The van der Waals surface area contributed by atoms with E-state index in [-0.39, 0.29) is 21.5 Å². The molecule has 0 amide bonds. The van der Waals surface area contributed by atoms with Crippen molar-refractivity contribution in [3.8, 4) is 10.3 Å². The number of pyridine rings is 1. The maximum absolute atomic E-state index is 13.3. The van der Waals surface area contributed by atoms with Crippen molar-refractivity contribution in [2.75, 3.05) is 18.0 Å². The number of hydrogen-bond acceptors (Lipinski definition) is 7. The van der Waals surface area contributed by atoms with Gasteiger partial charge in [-0.1, -0.05) is 0 Å². The number of alkyl halides is 2. The number of imidazole rings is 1. The summed E-state index contributed by atoms with van der Waals surface area (Å²) in [6, 6.07) is 2.07. The van der Waals surface area contributed by atoms with Crippen LogP contribution in [-0.2, 0) is 10.0 Å². The Hall–Kier alpha value is -1.92. The molecule has 0 bridgehead atoms. The van der Waals surface area contributed by atoms with Crippen LogP contribution in [0.4, 0.5) is 14.5 Å². The molecule has 0 aromatic carbocycles. The Labute approximate surface area is 196 Å². The fraction of sp³-hybridized carbons (Fsp3) is 0.550. The van der Waals surface area contributed by atoms with E-state index in [9.17, 15) is 17.2 Å². The Morgan fingerprint density at radius 1 is 1.24 bits per heavy atom. The molecule has 2 N–H and O–H groups in total. The Bertz CT molecular complexity index is 1290. The second-order valence-corrected chi connectivity index (χ2v) is 13.0. The first kappa shape index (κ1) is 22.9. The van der Waals surface area contributed by atoms with Gasteiger partial charge in [0.15, 0.2) is 0 Å². The molecule has 2 aliphatic rings.